The van der Waals surface area contributed by atoms with Crippen LogP contribution in [0.3, 0.4) is 0 Å². The van der Waals surface area contributed by atoms with E-state index in [1.54, 1.807) is 0 Å². The fraction of sp³-hybridized carbons (Fsp3) is 0.172. The molecule has 0 aliphatic rings. The van der Waals surface area contributed by atoms with Crippen molar-refractivity contribution >= 4 is 23.1 Å². The van der Waals surface area contributed by atoms with Gasteiger partial charge in [-0.05, 0) is 48.9 Å². The summed E-state index contributed by atoms with van der Waals surface area (Å²) in [5.74, 6) is 0.370. The fourth-order valence-electron chi connectivity index (χ4n) is 3.80. The first kappa shape index (κ1) is 25.4. The zero-order valence-electron chi connectivity index (χ0n) is 20.7. The van der Waals surface area contributed by atoms with Crippen molar-refractivity contribution in [1.82, 2.24) is 4.98 Å². The number of carboxylic acids is 1. The highest BCUT2D eigenvalue weighted by atomic mass is 16.5. The van der Waals surface area contributed by atoms with Gasteiger partial charge in [0.25, 0.3) is 0 Å². The topological polar surface area (TPSA) is 123 Å². The van der Waals surface area contributed by atoms with Crippen molar-refractivity contribution in [2.75, 3.05) is 12.0 Å². The molecule has 8 heteroatoms. The molecule has 0 saturated heterocycles. The van der Waals surface area contributed by atoms with Gasteiger partial charge in [0, 0.05) is 17.9 Å². The Morgan fingerprint density at radius 1 is 1.08 bits per heavy atom. The molecule has 3 aromatic carbocycles. The summed E-state index contributed by atoms with van der Waals surface area (Å²) in [4.78, 5) is 16.3. The number of anilines is 1. The Morgan fingerprint density at radius 2 is 1.78 bits per heavy atom. The van der Waals surface area contributed by atoms with Crippen LogP contribution in [-0.2, 0) is 11.2 Å². The number of nitrogens with two attached hydrogens (primary N) is 1. The molecule has 0 bridgehead atoms. The molecule has 4 rings (SSSR count). The first-order valence-electron chi connectivity index (χ1n) is 11.9. The van der Waals surface area contributed by atoms with Crippen LogP contribution in [0.2, 0.25) is 0 Å². The lowest BCUT2D eigenvalue weighted by Crippen LogP contribution is -2.51. The van der Waals surface area contributed by atoms with Crippen molar-refractivity contribution in [3.63, 3.8) is 0 Å². The highest BCUT2D eigenvalue weighted by Gasteiger charge is 2.28. The van der Waals surface area contributed by atoms with Crippen LogP contribution in [-0.4, -0.2) is 34.1 Å². The van der Waals surface area contributed by atoms with E-state index in [0.29, 0.717) is 24.7 Å². The number of aliphatic carboxylic acids is 1. The molecule has 0 radical (unpaired) electrons. The first-order valence-corrected chi connectivity index (χ1v) is 11.9. The minimum Gasteiger partial charge on any atom is -0.493 e. The van der Waals surface area contributed by atoms with E-state index in [2.05, 4.69) is 15.5 Å². The molecule has 1 atom stereocenters. The number of oxazole rings is 1. The summed E-state index contributed by atoms with van der Waals surface area (Å²) in [6.45, 7) is 4.15. The van der Waals surface area contributed by atoms with E-state index < -0.39 is 11.9 Å². The van der Waals surface area contributed by atoms with Gasteiger partial charge in [0.15, 0.2) is 0 Å². The van der Waals surface area contributed by atoms with Crippen molar-refractivity contribution in [2.45, 2.75) is 26.2 Å². The Bertz CT molecular complexity index is 1400. The van der Waals surface area contributed by atoms with Gasteiger partial charge in [-0.25, -0.2) is 15.2 Å². The lowest BCUT2D eigenvalue weighted by atomic mass is 9.93. The lowest BCUT2D eigenvalue weighted by molar-refractivity contribution is -0.146. The van der Waals surface area contributed by atoms with Crippen LogP contribution in [0.15, 0.2) is 94.4 Å². The number of rotatable bonds is 11. The van der Waals surface area contributed by atoms with Gasteiger partial charge < -0.3 is 14.3 Å². The van der Waals surface area contributed by atoms with Gasteiger partial charge in [0.1, 0.15) is 17.2 Å². The number of aryl methyl sites for hydroxylation is 1. The van der Waals surface area contributed by atoms with Crippen molar-refractivity contribution < 1.29 is 24.5 Å². The highest BCUT2D eigenvalue weighted by Crippen LogP contribution is 2.24. The van der Waals surface area contributed by atoms with E-state index in [4.69, 9.17) is 14.6 Å². The van der Waals surface area contributed by atoms with Crippen molar-refractivity contribution in [2.24, 2.45) is 5.10 Å². The second-order valence-corrected chi connectivity index (χ2v) is 8.47. The average molecular weight is 498 g/mol. The third-order valence-corrected chi connectivity index (χ3v) is 5.87. The molecule has 4 N–H and O–H groups in total. The van der Waals surface area contributed by atoms with Gasteiger partial charge >= 0.3 is 11.7 Å². The molecule has 4 aromatic rings. The predicted octanol–water partition coefficient (Wildman–Crippen LogP) is 4.13. The van der Waals surface area contributed by atoms with E-state index in [1.165, 1.54) is 0 Å². The molecule has 0 aliphatic carbocycles. The summed E-state index contributed by atoms with van der Waals surface area (Å²) in [7, 11) is 0. The number of para-hydroxylation sites is 1. The average Bonchev–Trinajstić information content (AvgIpc) is 3.30. The number of carboxylic acid groups (broad SMARTS) is 1. The van der Waals surface area contributed by atoms with Gasteiger partial charge in [-0.2, -0.15) is 5.10 Å². The van der Waals surface area contributed by atoms with E-state index in [1.807, 2.05) is 98.8 Å². The van der Waals surface area contributed by atoms with Crippen molar-refractivity contribution in [3.8, 4) is 17.2 Å². The monoisotopic (exact) mass is 497 g/mol. The number of aromatic nitrogens is 1. The molecule has 188 valence electrons. The summed E-state index contributed by atoms with van der Waals surface area (Å²) in [5, 5.41) is 19.7. The molecular formula is C29H29N4O4+. The van der Waals surface area contributed by atoms with E-state index >= 15 is 0 Å². The van der Waals surface area contributed by atoms with E-state index in [9.17, 15) is 9.90 Å². The third-order valence-electron chi connectivity index (χ3n) is 5.87. The van der Waals surface area contributed by atoms with Crippen LogP contribution >= 0.6 is 0 Å². The molecule has 8 nitrogen and oxygen atoms in total. The first-order chi connectivity index (χ1) is 17.9. The third kappa shape index (κ3) is 6.49. The Hall–Kier alpha value is -4.72. The number of ether oxygens (including phenoxy) is 1. The van der Waals surface area contributed by atoms with Crippen LogP contribution < -0.4 is 15.6 Å². The Labute approximate surface area is 215 Å². The minimum atomic E-state index is -1.23. The molecule has 0 aliphatic heterocycles. The number of carbonyl (C=O) groups is 1. The van der Waals surface area contributed by atoms with Crippen molar-refractivity contribution in [1.29, 1.82) is 0 Å². The zero-order chi connectivity index (χ0) is 26.2. The summed E-state index contributed by atoms with van der Waals surface area (Å²) in [6.07, 6.45) is 0.579. The summed E-state index contributed by atoms with van der Waals surface area (Å²) < 4.78 is 11.8. The Balaban J connectivity index is 1.44. The summed E-state index contributed by atoms with van der Waals surface area (Å²) in [6, 6.07) is 26.5. The van der Waals surface area contributed by atoms with Crippen LogP contribution in [0.5, 0.6) is 5.75 Å². The molecule has 1 unspecified atom stereocenters. The van der Waals surface area contributed by atoms with Gasteiger partial charge in [0.2, 0.25) is 5.89 Å². The lowest BCUT2D eigenvalue weighted by Gasteiger charge is -2.14. The Morgan fingerprint density at radius 3 is 2.49 bits per heavy atom. The Kier molecular flexibility index (Phi) is 8.10. The molecule has 0 amide bonds. The maximum Gasteiger partial charge on any atom is 0.402 e. The number of nitrogens with zero attached hydrogens (tertiary/aromatic N) is 2. The van der Waals surface area contributed by atoms with Crippen molar-refractivity contribution in [3.05, 3.63) is 102 Å². The maximum atomic E-state index is 11.6. The van der Waals surface area contributed by atoms with Gasteiger partial charge in [-0.1, -0.05) is 55.5 Å². The molecule has 0 saturated carbocycles. The van der Waals surface area contributed by atoms with Crippen LogP contribution in [0.4, 0.5) is 5.69 Å². The second kappa shape index (κ2) is 11.8. The second-order valence-electron chi connectivity index (χ2n) is 8.47. The summed E-state index contributed by atoms with van der Waals surface area (Å²) in [5.41, 5.74) is 6.11. The fourth-order valence-corrected chi connectivity index (χ4v) is 3.80. The SMILES string of the molecule is Cc1oc(-c2ccccc2)nc1CCOc1cccc(C(C)/C(=N/Nc2ccccc2)C(=[NH2+])C(=O)O)c1. The number of hydrogen-bond acceptors (Lipinski definition) is 6. The van der Waals surface area contributed by atoms with Gasteiger partial charge in [-0.15, -0.1) is 0 Å². The maximum absolute atomic E-state index is 11.6. The molecule has 0 fully saturated rings. The number of hydrazone groups is 1. The van der Waals surface area contributed by atoms with Gasteiger partial charge in [0.05, 0.1) is 18.0 Å². The highest BCUT2D eigenvalue weighted by molar-refractivity contribution is 6.64. The number of nitrogens with one attached hydrogen (secondary N) is 1. The van der Waals surface area contributed by atoms with Crippen LogP contribution in [0, 0.1) is 6.92 Å². The normalized spacial score (nSPS) is 12.1. The molecule has 1 heterocycles. The standard InChI is InChI=1S/C29H28N4O4/c1-19(27(26(30)29(34)35)33-32-23-13-7-4-8-14-23)22-12-9-15-24(18-22)36-17-16-25-20(2)37-28(31-25)21-10-5-3-6-11-21/h3-15,18-19,30,32H,16-17H2,1-2H3,(H,34,35)/p+1/b30-26?,33-27-. The summed E-state index contributed by atoms with van der Waals surface area (Å²) >= 11 is 0. The molecule has 0 spiro atoms. The van der Waals surface area contributed by atoms with E-state index in [-0.39, 0.29) is 11.4 Å². The van der Waals surface area contributed by atoms with Crippen LogP contribution in [0.1, 0.15) is 29.9 Å². The van der Waals surface area contributed by atoms with Gasteiger partial charge in [-0.3, -0.25) is 5.43 Å². The molecule has 1 aromatic heterocycles. The molecular weight excluding hydrogens is 468 g/mol. The minimum absolute atomic E-state index is 0.222. The number of hydrogen-bond donors (Lipinski definition) is 3. The smallest absolute Gasteiger partial charge is 0.402 e. The quantitative estimate of drug-likeness (QED) is 0.212. The largest absolute Gasteiger partial charge is 0.493 e. The predicted molar refractivity (Wildman–Crippen MR) is 143 cm³/mol. The zero-order valence-corrected chi connectivity index (χ0v) is 20.7. The molecule has 37 heavy (non-hydrogen) atoms. The number of benzene rings is 3. The van der Waals surface area contributed by atoms with Crippen LogP contribution in [0.25, 0.3) is 11.5 Å². The van der Waals surface area contributed by atoms with E-state index in [0.717, 1.165) is 28.3 Å².